The molecule has 0 saturated heterocycles. The van der Waals surface area contributed by atoms with Crippen molar-refractivity contribution in [3.63, 3.8) is 0 Å². The Morgan fingerprint density at radius 2 is 2.29 bits per heavy atom. The maximum atomic E-state index is 11.4. The van der Waals surface area contributed by atoms with Crippen molar-refractivity contribution in [1.82, 2.24) is 5.48 Å². The van der Waals surface area contributed by atoms with E-state index in [1.807, 2.05) is 6.92 Å². The van der Waals surface area contributed by atoms with Crippen LogP contribution in [0.1, 0.15) is 22.8 Å². The van der Waals surface area contributed by atoms with Gasteiger partial charge in [-0.15, -0.1) is 0 Å². The van der Waals surface area contributed by atoms with E-state index in [1.54, 1.807) is 25.1 Å². The molecule has 3 nitrogen and oxygen atoms in total. The highest BCUT2D eigenvalue weighted by atomic mass is 35.5. The summed E-state index contributed by atoms with van der Waals surface area (Å²) in [4.78, 5) is 16.1. The second kappa shape index (κ2) is 4.98. The molecule has 0 aliphatic rings. The molecule has 1 amide bonds. The van der Waals surface area contributed by atoms with E-state index < -0.39 is 0 Å². The smallest absolute Gasteiger partial charge is 0.274 e. The Bertz CT molecular complexity index is 339. The molecule has 4 heteroatoms. The molecular formula is C10H12ClNO2. The lowest BCUT2D eigenvalue weighted by atomic mass is 10.1. The predicted molar refractivity (Wildman–Crippen MR) is 55.3 cm³/mol. The SMILES string of the molecule is CCONC(=O)c1ccc(C)c(Cl)c1. The van der Waals surface area contributed by atoms with Crippen molar-refractivity contribution in [3.05, 3.63) is 34.3 Å². The summed E-state index contributed by atoms with van der Waals surface area (Å²) in [6.45, 7) is 4.11. The predicted octanol–water partition coefficient (Wildman–Crippen LogP) is 2.33. The molecule has 0 unspecified atom stereocenters. The topological polar surface area (TPSA) is 38.3 Å². The number of hydrogen-bond donors (Lipinski definition) is 1. The molecular weight excluding hydrogens is 202 g/mol. The van der Waals surface area contributed by atoms with Crippen LogP contribution in [0.3, 0.4) is 0 Å². The molecule has 1 aromatic rings. The number of aryl methyl sites for hydroxylation is 1. The zero-order chi connectivity index (χ0) is 10.6. The fourth-order valence-electron chi connectivity index (χ4n) is 0.931. The Morgan fingerprint density at radius 3 is 2.86 bits per heavy atom. The first-order valence-corrected chi connectivity index (χ1v) is 4.71. The molecule has 0 fully saturated rings. The first-order valence-electron chi connectivity index (χ1n) is 4.33. The molecule has 0 radical (unpaired) electrons. The van der Waals surface area contributed by atoms with Gasteiger partial charge in [0.15, 0.2) is 0 Å². The number of halogens is 1. The minimum absolute atomic E-state index is 0.284. The Morgan fingerprint density at radius 1 is 1.57 bits per heavy atom. The van der Waals surface area contributed by atoms with Crippen molar-refractivity contribution < 1.29 is 9.63 Å². The van der Waals surface area contributed by atoms with Gasteiger partial charge >= 0.3 is 0 Å². The van der Waals surface area contributed by atoms with Gasteiger partial charge in [0.05, 0.1) is 6.61 Å². The highest BCUT2D eigenvalue weighted by molar-refractivity contribution is 6.31. The molecule has 0 bridgehead atoms. The van der Waals surface area contributed by atoms with Crippen LogP contribution in [0.5, 0.6) is 0 Å². The first-order chi connectivity index (χ1) is 6.65. The van der Waals surface area contributed by atoms with Crippen LogP contribution in [-0.2, 0) is 4.84 Å². The molecule has 0 atom stereocenters. The number of rotatable bonds is 3. The summed E-state index contributed by atoms with van der Waals surface area (Å²) in [5, 5.41) is 0.578. The summed E-state index contributed by atoms with van der Waals surface area (Å²) in [6.07, 6.45) is 0. The van der Waals surface area contributed by atoms with Gasteiger partial charge in [0.1, 0.15) is 0 Å². The van der Waals surface area contributed by atoms with E-state index in [1.165, 1.54) is 0 Å². The average Bonchev–Trinajstić information content (AvgIpc) is 2.18. The van der Waals surface area contributed by atoms with Crippen molar-refractivity contribution in [2.75, 3.05) is 6.61 Å². The lowest BCUT2D eigenvalue weighted by Crippen LogP contribution is -2.23. The molecule has 1 rings (SSSR count). The quantitative estimate of drug-likeness (QED) is 0.783. The van der Waals surface area contributed by atoms with Crippen molar-refractivity contribution in [2.24, 2.45) is 0 Å². The maximum Gasteiger partial charge on any atom is 0.274 e. The molecule has 76 valence electrons. The van der Waals surface area contributed by atoms with Gasteiger partial charge in [0.2, 0.25) is 0 Å². The fourth-order valence-corrected chi connectivity index (χ4v) is 1.11. The van der Waals surface area contributed by atoms with E-state index in [2.05, 4.69) is 5.48 Å². The van der Waals surface area contributed by atoms with Crippen LogP contribution in [-0.4, -0.2) is 12.5 Å². The largest absolute Gasteiger partial charge is 0.274 e. The van der Waals surface area contributed by atoms with Crippen LogP contribution in [0.25, 0.3) is 0 Å². The van der Waals surface area contributed by atoms with Crippen molar-refractivity contribution in [1.29, 1.82) is 0 Å². The maximum absolute atomic E-state index is 11.4. The van der Waals surface area contributed by atoms with E-state index in [0.717, 1.165) is 5.56 Å². The van der Waals surface area contributed by atoms with Gasteiger partial charge in [-0.25, -0.2) is 5.48 Å². The monoisotopic (exact) mass is 213 g/mol. The van der Waals surface area contributed by atoms with E-state index in [0.29, 0.717) is 17.2 Å². The standard InChI is InChI=1S/C10H12ClNO2/c1-3-14-12-10(13)8-5-4-7(2)9(11)6-8/h4-6H,3H2,1-2H3,(H,12,13). The fraction of sp³-hybridized carbons (Fsp3) is 0.300. The third kappa shape index (κ3) is 2.72. The minimum Gasteiger partial charge on any atom is -0.274 e. The van der Waals surface area contributed by atoms with Crippen molar-refractivity contribution in [2.45, 2.75) is 13.8 Å². The number of hydrogen-bond acceptors (Lipinski definition) is 2. The highest BCUT2D eigenvalue weighted by Gasteiger charge is 2.06. The Labute approximate surface area is 88.0 Å². The molecule has 14 heavy (non-hydrogen) atoms. The average molecular weight is 214 g/mol. The van der Waals surface area contributed by atoms with Crippen LogP contribution in [0.15, 0.2) is 18.2 Å². The number of hydroxylamine groups is 1. The normalized spacial score (nSPS) is 9.93. The Balaban J connectivity index is 2.76. The van der Waals surface area contributed by atoms with Crippen molar-refractivity contribution >= 4 is 17.5 Å². The van der Waals surface area contributed by atoms with Crippen LogP contribution < -0.4 is 5.48 Å². The number of amides is 1. The molecule has 1 N–H and O–H groups in total. The summed E-state index contributed by atoms with van der Waals surface area (Å²) in [7, 11) is 0. The van der Waals surface area contributed by atoms with Gasteiger partial charge in [-0.3, -0.25) is 9.63 Å². The third-order valence-electron chi connectivity index (χ3n) is 1.74. The molecule has 0 heterocycles. The zero-order valence-electron chi connectivity index (χ0n) is 8.13. The third-order valence-corrected chi connectivity index (χ3v) is 2.15. The van der Waals surface area contributed by atoms with E-state index in [4.69, 9.17) is 16.4 Å². The lowest BCUT2D eigenvalue weighted by molar-refractivity contribution is 0.0364. The van der Waals surface area contributed by atoms with Gasteiger partial charge in [-0.05, 0) is 31.5 Å². The Kier molecular flexibility index (Phi) is 3.92. The molecule has 0 aromatic heterocycles. The van der Waals surface area contributed by atoms with E-state index in [9.17, 15) is 4.79 Å². The number of carbonyl (C=O) groups excluding carboxylic acids is 1. The highest BCUT2D eigenvalue weighted by Crippen LogP contribution is 2.16. The van der Waals surface area contributed by atoms with Gasteiger partial charge in [0, 0.05) is 10.6 Å². The van der Waals surface area contributed by atoms with Crippen molar-refractivity contribution in [3.8, 4) is 0 Å². The van der Waals surface area contributed by atoms with Gasteiger partial charge in [-0.2, -0.15) is 0 Å². The summed E-state index contributed by atoms with van der Waals surface area (Å²) in [5.74, 6) is -0.284. The molecule has 1 aromatic carbocycles. The van der Waals surface area contributed by atoms with E-state index in [-0.39, 0.29) is 5.91 Å². The van der Waals surface area contributed by atoms with Gasteiger partial charge in [0.25, 0.3) is 5.91 Å². The van der Waals surface area contributed by atoms with E-state index >= 15 is 0 Å². The van der Waals surface area contributed by atoms with Crippen LogP contribution in [0.2, 0.25) is 5.02 Å². The second-order valence-electron chi connectivity index (χ2n) is 2.83. The number of nitrogens with one attached hydrogen (secondary N) is 1. The summed E-state index contributed by atoms with van der Waals surface area (Å²) < 4.78 is 0. The number of carbonyl (C=O) groups is 1. The summed E-state index contributed by atoms with van der Waals surface area (Å²) in [6, 6.07) is 5.12. The molecule has 0 aliphatic carbocycles. The summed E-state index contributed by atoms with van der Waals surface area (Å²) in [5.41, 5.74) is 3.74. The molecule has 0 saturated carbocycles. The molecule has 0 aliphatic heterocycles. The van der Waals surface area contributed by atoms with Gasteiger partial charge in [-0.1, -0.05) is 17.7 Å². The van der Waals surface area contributed by atoms with Crippen LogP contribution >= 0.6 is 11.6 Å². The Hall–Kier alpha value is -1.06. The van der Waals surface area contributed by atoms with Crippen LogP contribution in [0, 0.1) is 6.92 Å². The van der Waals surface area contributed by atoms with Gasteiger partial charge < -0.3 is 0 Å². The molecule has 0 spiro atoms. The van der Waals surface area contributed by atoms with Crippen LogP contribution in [0.4, 0.5) is 0 Å². The minimum atomic E-state index is -0.284. The first kappa shape index (κ1) is 11.0. The summed E-state index contributed by atoms with van der Waals surface area (Å²) >= 11 is 5.87. The zero-order valence-corrected chi connectivity index (χ0v) is 8.89. The lowest BCUT2D eigenvalue weighted by Gasteiger charge is -2.04. The second-order valence-corrected chi connectivity index (χ2v) is 3.24. The number of benzene rings is 1.